The summed E-state index contributed by atoms with van der Waals surface area (Å²) in [5.74, 6) is -1.91. The topological polar surface area (TPSA) is 83.9 Å². The van der Waals surface area contributed by atoms with Gasteiger partial charge >= 0.3 is 18.0 Å². The zero-order valence-electron chi connectivity index (χ0n) is 7.95. The van der Waals surface area contributed by atoms with Crippen LogP contribution in [0.2, 0.25) is 0 Å². The quantitative estimate of drug-likeness (QED) is 0.626. The molecular formula is C9H7NO5S. The molecule has 2 heterocycles. The van der Waals surface area contributed by atoms with Gasteiger partial charge in [-0.3, -0.25) is 4.90 Å². The Morgan fingerprint density at radius 3 is 2.75 bits per heavy atom. The van der Waals surface area contributed by atoms with Crippen LogP contribution in [0.4, 0.5) is 4.79 Å². The Morgan fingerprint density at radius 1 is 1.56 bits per heavy atom. The van der Waals surface area contributed by atoms with E-state index in [4.69, 9.17) is 5.11 Å². The Morgan fingerprint density at radius 2 is 2.31 bits per heavy atom. The fourth-order valence-electron chi connectivity index (χ4n) is 1.44. The summed E-state index contributed by atoms with van der Waals surface area (Å²) in [6, 6.07) is 2.12. The molecule has 2 rings (SSSR count). The number of aliphatic carboxylic acids is 1. The summed E-state index contributed by atoms with van der Waals surface area (Å²) in [5, 5.41) is 10.8. The van der Waals surface area contributed by atoms with Crippen molar-refractivity contribution in [1.82, 2.24) is 4.90 Å². The van der Waals surface area contributed by atoms with Gasteiger partial charge < -0.3 is 9.84 Å². The van der Waals surface area contributed by atoms with Crippen molar-refractivity contribution in [2.24, 2.45) is 0 Å². The summed E-state index contributed by atoms with van der Waals surface area (Å²) >= 11 is 1.21. The molecule has 1 aliphatic rings. The van der Waals surface area contributed by atoms with Crippen LogP contribution < -0.4 is 0 Å². The van der Waals surface area contributed by atoms with Gasteiger partial charge in [-0.1, -0.05) is 6.07 Å². The number of carbonyl (C=O) groups excluding carboxylic acids is 2. The molecule has 1 aliphatic heterocycles. The lowest BCUT2D eigenvalue weighted by Gasteiger charge is -2.19. The second-order valence-electron chi connectivity index (χ2n) is 3.12. The van der Waals surface area contributed by atoms with Gasteiger partial charge in [0.05, 0.1) is 0 Å². The van der Waals surface area contributed by atoms with Crippen molar-refractivity contribution in [3.8, 4) is 0 Å². The van der Waals surface area contributed by atoms with Crippen molar-refractivity contribution in [1.29, 1.82) is 0 Å². The highest BCUT2D eigenvalue weighted by atomic mass is 32.1. The standard InChI is InChI=1S/C9H7NO5S/c11-6-4-10(9(14)15-6)7(8(12)13)5-2-1-3-16-5/h1-3,7H,4H2,(H,12,13). The third kappa shape index (κ3) is 1.76. The number of hydrogen-bond donors (Lipinski definition) is 1. The Labute approximate surface area is 94.0 Å². The molecule has 1 fully saturated rings. The Balaban J connectivity index is 2.31. The molecule has 84 valence electrons. The number of thiophene rings is 1. The van der Waals surface area contributed by atoms with Crippen molar-refractivity contribution < 1.29 is 24.2 Å². The number of nitrogens with zero attached hydrogens (tertiary/aromatic N) is 1. The predicted molar refractivity (Wildman–Crippen MR) is 52.9 cm³/mol. The molecule has 7 heteroatoms. The van der Waals surface area contributed by atoms with Gasteiger partial charge in [-0.05, 0) is 11.4 Å². The SMILES string of the molecule is O=C1CN(C(C(=O)O)c2cccs2)C(=O)O1. The minimum absolute atomic E-state index is 0.326. The second-order valence-corrected chi connectivity index (χ2v) is 4.10. The summed E-state index contributed by atoms with van der Waals surface area (Å²) in [6.07, 6.45) is -0.911. The average Bonchev–Trinajstić information content (AvgIpc) is 2.78. The van der Waals surface area contributed by atoms with E-state index in [0.29, 0.717) is 4.88 Å². The van der Waals surface area contributed by atoms with Crippen molar-refractivity contribution >= 4 is 29.4 Å². The summed E-state index contributed by atoms with van der Waals surface area (Å²) in [7, 11) is 0. The lowest BCUT2D eigenvalue weighted by molar-refractivity contribution is -0.142. The molecule has 0 bridgehead atoms. The van der Waals surface area contributed by atoms with Crippen LogP contribution in [-0.4, -0.2) is 34.6 Å². The number of esters is 1. The summed E-state index contributed by atoms with van der Waals surface area (Å²) in [5.41, 5.74) is 0. The highest BCUT2D eigenvalue weighted by Crippen LogP contribution is 2.27. The van der Waals surface area contributed by atoms with Crippen molar-refractivity contribution in [3.63, 3.8) is 0 Å². The van der Waals surface area contributed by atoms with Crippen LogP contribution in [0.25, 0.3) is 0 Å². The van der Waals surface area contributed by atoms with Gasteiger partial charge in [-0.15, -0.1) is 11.3 Å². The van der Waals surface area contributed by atoms with Gasteiger partial charge in [0, 0.05) is 4.88 Å². The first-order chi connectivity index (χ1) is 7.59. The molecule has 0 spiro atoms. The van der Waals surface area contributed by atoms with Crippen LogP contribution in [0, 0.1) is 0 Å². The number of amides is 1. The number of rotatable bonds is 3. The maximum absolute atomic E-state index is 11.2. The van der Waals surface area contributed by atoms with E-state index in [9.17, 15) is 14.4 Å². The fraction of sp³-hybridized carbons (Fsp3) is 0.222. The monoisotopic (exact) mass is 241 g/mol. The molecule has 1 saturated heterocycles. The van der Waals surface area contributed by atoms with Gasteiger partial charge in [-0.2, -0.15) is 0 Å². The number of carbonyl (C=O) groups is 3. The first-order valence-electron chi connectivity index (χ1n) is 4.37. The first kappa shape index (κ1) is 10.6. The lowest BCUT2D eigenvalue weighted by Crippen LogP contribution is -2.34. The molecular weight excluding hydrogens is 234 g/mol. The van der Waals surface area contributed by atoms with E-state index in [1.807, 2.05) is 0 Å². The van der Waals surface area contributed by atoms with Gasteiger partial charge in [0.15, 0.2) is 6.04 Å². The van der Waals surface area contributed by atoms with Crippen molar-refractivity contribution in [2.75, 3.05) is 6.54 Å². The van der Waals surface area contributed by atoms with Crippen LogP contribution in [0.15, 0.2) is 17.5 Å². The number of hydrogen-bond acceptors (Lipinski definition) is 5. The lowest BCUT2D eigenvalue weighted by atomic mass is 10.2. The zero-order chi connectivity index (χ0) is 11.7. The highest BCUT2D eigenvalue weighted by molar-refractivity contribution is 7.10. The fourth-order valence-corrected chi connectivity index (χ4v) is 2.27. The molecule has 1 N–H and O–H groups in total. The van der Waals surface area contributed by atoms with E-state index < -0.39 is 24.1 Å². The highest BCUT2D eigenvalue weighted by Gasteiger charge is 2.40. The van der Waals surface area contributed by atoms with Crippen LogP contribution in [0.1, 0.15) is 10.9 Å². The van der Waals surface area contributed by atoms with E-state index in [0.717, 1.165) is 4.90 Å². The van der Waals surface area contributed by atoms with Crippen molar-refractivity contribution in [3.05, 3.63) is 22.4 Å². The van der Waals surface area contributed by atoms with E-state index in [2.05, 4.69) is 4.74 Å². The minimum atomic E-state index is -1.19. The van der Waals surface area contributed by atoms with Gasteiger partial charge in [0.25, 0.3) is 0 Å². The molecule has 0 saturated carbocycles. The number of cyclic esters (lactones) is 2. The molecule has 0 aromatic carbocycles. The van der Waals surface area contributed by atoms with Crippen molar-refractivity contribution in [2.45, 2.75) is 6.04 Å². The van der Waals surface area contributed by atoms with Crippen LogP contribution in [0.5, 0.6) is 0 Å². The maximum atomic E-state index is 11.2. The minimum Gasteiger partial charge on any atom is -0.479 e. The molecule has 1 aromatic rings. The van der Waals surface area contributed by atoms with Gasteiger partial charge in [0.1, 0.15) is 6.54 Å². The number of ether oxygens (including phenoxy) is 1. The zero-order valence-corrected chi connectivity index (χ0v) is 8.77. The Hall–Kier alpha value is -1.89. The van der Waals surface area contributed by atoms with Gasteiger partial charge in [-0.25, -0.2) is 14.4 Å². The van der Waals surface area contributed by atoms with Crippen LogP contribution in [0.3, 0.4) is 0 Å². The molecule has 1 aromatic heterocycles. The smallest absolute Gasteiger partial charge is 0.419 e. The van der Waals surface area contributed by atoms with E-state index in [1.54, 1.807) is 17.5 Å². The van der Waals surface area contributed by atoms with Crippen LogP contribution in [-0.2, 0) is 14.3 Å². The normalized spacial score (nSPS) is 17.4. The largest absolute Gasteiger partial charge is 0.479 e. The van der Waals surface area contributed by atoms with E-state index >= 15 is 0 Å². The van der Waals surface area contributed by atoms with Gasteiger partial charge in [0.2, 0.25) is 0 Å². The third-order valence-electron chi connectivity index (χ3n) is 2.09. The summed E-state index contributed by atoms with van der Waals surface area (Å²) in [4.78, 5) is 34.6. The Kier molecular flexibility index (Phi) is 2.61. The molecule has 1 amide bonds. The number of carboxylic acid groups (broad SMARTS) is 1. The first-order valence-corrected chi connectivity index (χ1v) is 5.25. The van der Waals surface area contributed by atoms with Crippen LogP contribution >= 0.6 is 11.3 Å². The summed E-state index contributed by atoms with van der Waals surface area (Å²) in [6.45, 7) is -0.326. The average molecular weight is 241 g/mol. The number of carboxylic acids is 1. The second kappa shape index (κ2) is 3.93. The van der Waals surface area contributed by atoms with E-state index in [1.165, 1.54) is 11.3 Å². The molecule has 0 radical (unpaired) electrons. The predicted octanol–water partition coefficient (Wildman–Crippen LogP) is 0.853. The molecule has 6 nitrogen and oxygen atoms in total. The van der Waals surface area contributed by atoms with E-state index in [-0.39, 0.29) is 6.54 Å². The molecule has 1 unspecified atom stereocenters. The molecule has 16 heavy (non-hydrogen) atoms. The maximum Gasteiger partial charge on any atom is 0.419 e. The third-order valence-corrected chi connectivity index (χ3v) is 3.02. The molecule has 0 aliphatic carbocycles. The molecule has 1 atom stereocenters. The summed E-state index contributed by atoms with van der Waals surface area (Å²) < 4.78 is 4.29. The Bertz CT molecular complexity index is 441.